The van der Waals surface area contributed by atoms with Gasteiger partial charge in [-0.25, -0.2) is 9.18 Å². The first kappa shape index (κ1) is 28.1. The normalized spacial score (nSPS) is 11.6. The van der Waals surface area contributed by atoms with Crippen molar-refractivity contribution in [2.45, 2.75) is 39.8 Å². The monoisotopic (exact) mass is 530 g/mol. The van der Waals surface area contributed by atoms with E-state index >= 15 is 0 Å². The number of benzene rings is 2. The zero-order chi connectivity index (χ0) is 26.8. The van der Waals surface area contributed by atoms with E-state index in [1.807, 2.05) is 17.9 Å². The zero-order valence-electron chi connectivity index (χ0n) is 21.5. The maximum Gasteiger partial charge on any atom is 0.328 e. The SMILES string of the molecule is CCOC(=O)C(C)N(CCOC)c1cnnc(Nc2ccc(OCc3cccc(F)c3)c(Cl)c2)c1CC. The third kappa shape index (κ3) is 7.53. The van der Waals surface area contributed by atoms with Crippen LogP contribution in [-0.2, 0) is 27.3 Å². The Bertz CT molecular complexity index is 1200. The minimum absolute atomic E-state index is 0.188. The third-order valence-electron chi connectivity index (χ3n) is 5.71. The van der Waals surface area contributed by atoms with E-state index in [0.717, 1.165) is 11.3 Å². The smallest absolute Gasteiger partial charge is 0.328 e. The molecule has 0 fully saturated rings. The Labute approximate surface area is 221 Å². The number of aromatic nitrogens is 2. The summed E-state index contributed by atoms with van der Waals surface area (Å²) in [5.74, 6) is 0.371. The molecule has 0 aliphatic heterocycles. The minimum atomic E-state index is -0.540. The topological polar surface area (TPSA) is 85.8 Å². The third-order valence-corrected chi connectivity index (χ3v) is 6.00. The van der Waals surface area contributed by atoms with Gasteiger partial charge in [-0.2, -0.15) is 5.10 Å². The van der Waals surface area contributed by atoms with Crippen LogP contribution in [0.3, 0.4) is 0 Å². The summed E-state index contributed by atoms with van der Waals surface area (Å²) >= 11 is 6.46. The van der Waals surface area contributed by atoms with Gasteiger partial charge >= 0.3 is 5.97 Å². The van der Waals surface area contributed by atoms with Crippen LogP contribution >= 0.6 is 11.6 Å². The molecule has 0 amide bonds. The van der Waals surface area contributed by atoms with Crippen molar-refractivity contribution in [3.8, 4) is 5.75 Å². The highest BCUT2D eigenvalue weighted by Crippen LogP contribution is 2.33. The standard InChI is InChI=1S/C27H32ClFN4O4/c1-5-22-24(33(12-13-35-4)18(3)27(34)36-6-2)16-30-32-26(22)31-21-10-11-25(23(28)15-21)37-17-19-8-7-9-20(29)14-19/h7-11,14-16,18H,5-6,12-13,17H2,1-4H3,(H,31,32). The first-order valence-electron chi connectivity index (χ1n) is 12.1. The van der Waals surface area contributed by atoms with Gasteiger partial charge in [0.15, 0.2) is 5.82 Å². The van der Waals surface area contributed by atoms with Gasteiger partial charge in [0, 0.05) is 24.9 Å². The van der Waals surface area contributed by atoms with Gasteiger partial charge < -0.3 is 24.4 Å². The Balaban J connectivity index is 1.82. The van der Waals surface area contributed by atoms with E-state index in [1.165, 1.54) is 12.1 Å². The van der Waals surface area contributed by atoms with Crippen LogP contribution in [0.25, 0.3) is 0 Å². The van der Waals surface area contributed by atoms with Gasteiger partial charge in [0.2, 0.25) is 0 Å². The largest absolute Gasteiger partial charge is 0.487 e. The van der Waals surface area contributed by atoms with Crippen LogP contribution < -0.4 is 15.0 Å². The lowest BCUT2D eigenvalue weighted by Gasteiger charge is -2.31. The van der Waals surface area contributed by atoms with Crippen LogP contribution in [0.4, 0.5) is 21.6 Å². The molecule has 0 aliphatic rings. The van der Waals surface area contributed by atoms with Crippen LogP contribution in [0.2, 0.25) is 5.02 Å². The maximum atomic E-state index is 13.4. The van der Waals surface area contributed by atoms with E-state index in [9.17, 15) is 9.18 Å². The number of carbonyl (C=O) groups is 1. The molecule has 10 heteroatoms. The fraction of sp³-hybridized carbons (Fsp3) is 0.370. The summed E-state index contributed by atoms with van der Waals surface area (Å²) in [6.45, 7) is 6.96. The highest BCUT2D eigenvalue weighted by atomic mass is 35.5. The van der Waals surface area contributed by atoms with Crippen LogP contribution in [0.5, 0.6) is 5.75 Å². The van der Waals surface area contributed by atoms with Gasteiger partial charge in [0.05, 0.1) is 30.1 Å². The summed E-state index contributed by atoms with van der Waals surface area (Å²) in [5, 5.41) is 12.2. The van der Waals surface area contributed by atoms with Crippen molar-refractivity contribution >= 4 is 34.8 Å². The summed E-state index contributed by atoms with van der Waals surface area (Å²) in [7, 11) is 1.61. The molecule has 0 bridgehead atoms. The molecule has 1 N–H and O–H groups in total. The van der Waals surface area contributed by atoms with Gasteiger partial charge in [-0.15, -0.1) is 5.10 Å². The average Bonchev–Trinajstić information content (AvgIpc) is 2.88. The molecular formula is C27H32ClFN4O4. The van der Waals surface area contributed by atoms with Gasteiger partial charge in [0.1, 0.15) is 24.2 Å². The van der Waals surface area contributed by atoms with Gasteiger partial charge in [0.25, 0.3) is 0 Å². The molecule has 1 unspecified atom stereocenters. The number of nitrogens with one attached hydrogen (secondary N) is 1. The average molecular weight is 531 g/mol. The molecule has 0 spiro atoms. The van der Waals surface area contributed by atoms with E-state index < -0.39 is 6.04 Å². The zero-order valence-corrected chi connectivity index (χ0v) is 22.2. The highest BCUT2D eigenvalue weighted by molar-refractivity contribution is 6.32. The van der Waals surface area contributed by atoms with Crippen molar-refractivity contribution in [1.82, 2.24) is 10.2 Å². The summed E-state index contributed by atoms with van der Waals surface area (Å²) < 4.78 is 29.7. The molecule has 1 heterocycles. The molecule has 3 rings (SSSR count). The van der Waals surface area contributed by atoms with Gasteiger partial charge in [-0.05, 0) is 56.2 Å². The van der Waals surface area contributed by atoms with Crippen LogP contribution in [0.15, 0.2) is 48.7 Å². The van der Waals surface area contributed by atoms with Gasteiger partial charge in [-0.1, -0.05) is 30.7 Å². The number of methoxy groups -OCH3 is 1. The molecule has 0 radical (unpaired) electrons. The fourth-order valence-electron chi connectivity index (χ4n) is 3.82. The lowest BCUT2D eigenvalue weighted by atomic mass is 10.1. The number of anilines is 3. The Morgan fingerprint density at radius 1 is 1.22 bits per heavy atom. The van der Waals surface area contributed by atoms with E-state index in [4.69, 9.17) is 25.8 Å². The Hall–Kier alpha value is -3.43. The Morgan fingerprint density at radius 3 is 2.70 bits per heavy atom. The summed E-state index contributed by atoms with van der Waals surface area (Å²) in [4.78, 5) is 14.4. The second-order valence-electron chi connectivity index (χ2n) is 8.21. The molecular weight excluding hydrogens is 499 g/mol. The number of ether oxygens (including phenoxy) is 3. The van der Waals surface area contributed by atoms with Crippen molar-refractivity contribution in [3.05, 3.63) is 70.6 Å². The van der Waals surface area contributed by atoms with E-state index in [-0.39, 0.29) is 18.4 Å². The summed E-state index contributed by atoms with van der Waals surface area (Å²) in [6.07, 6.45) is 2.28. The highest BCUT2D eigenvalue weighted by Gasteiger charge is 2.26. The van der Waals surface area contributed by atoms with E-state index in [1.54, 1.807) is 51.4 Å². The van der Waals surface area contributed by atoms with Crippen molar-refractivity contribution in [3.63, 3.8) is 0 Å². The summed E-state index contributed by atoms with van der Waals surface area (Å²) in [6, 6.07) is 10.9. The minimum Gasteiger partial charge on any atom is -0.487 e. The predicted molar refractivity (Wildman–Crippen MR) is 142 cm³/mol. The molecule has 0 saturated carbocycles. The second kappa shape index (κ2) is 13.8. The van der Waals surface area contributed by atoms with Crippen molar-refractivity contribution < 1.29 is 23.4 Å². The van der Waals surface area contributed by atoms with Crippen molar-refractivity contribution in [2.24, 2.45) is 0 Å². The van der Waals surface area contributed by atoms with Crippen LogP contribution in [0.1, 0.15) is 31.9 Å². The Kier molecular flexibility index (Phi) is 10.5. The molecule has 1 atom stereocenters. The quantitative estimate of drug-likeness (QED) is 0.287. The number of rotatable bonds is 13. The summed E-state index contributed by atoms with van der Waals surface area (Å²) in [5.41, 5.74) is 3.03. The number of halogens is 2. The molecule has 8 nitrogen and oxygen atoms in total. The molecule has 198 valence electrons. The lowest BCUT2D eigenvalue weighted by Crippen LogP contribution is -2.42. The van der Waals surface area contributed by atoms with Crippen LogP contribution in [-0.4, -0.2) is 49.1 Å². The van der Waals surface area contributed by atoms with Crippen molar-refractivity contribution in [1.29, 1.82) is 0 Å². The van der Waals surface area contributed by atoms with Crippen LogP contribution in [0, 0.1) is 5.82 Å². The predicted octanol–water partition coefficient (Wildman–Crippen LogP) is 5.56. The van der Waals surface area contributed by atoms with Gasteiger partial charge in [-0.3, -0.25) is 0 Å². The maximum absolute atomic E-state index is 13.4. The number of hydrogen-bond donors (Lipinski definition) is 1. The fourth-order valence-corrected chi connectivity index (χ4v) is 4.06. The molecule has 1 aromatic heterocycles. The molecule has 2 aromatic carbocycles. The molecule has 37 heavy (non-hydrogen) atoms. The number of nitrogens with zero attached hydrogens (tertiary/aromatic N) is 3. The molecule has 0 saturated heterocycles. The first-order chi connectivity index (χ1) is 17.9. The van der Waals surface area contributed by atoms with E-state index in [2.05, 4.69) is 15.5 Å². The number of esters is 1. The van der Waals surface area contributed by atoms with E-state index in [0.29, 0.717) is 54.0 Å². The Morgan fingerprint density at radius 2 is 2.03 bits per heavy atom. The van der Waals surface area contributed by atoms with Crippen molar-refractivity contribution in [2.75, 3.05) is 37.1 Å². The second-order valence-corrected chi connectivity index (χ2v) is 8.62. The number of hydrogen-bond acceptors (Lipinski definition) is 8. The molecule has 3 aromatic rings. The first-order valence-corrected chi connectivity index (χ1v) is 12.5. The number of carbonyl (C=O) groups excluding carboxylic acids is 1. The lowest BCUT2D eigenvalue weighted by molar-refractivity contribution is -0.144. The molecule has 0 aliphatic carbocycles.